The van der Waals surface area contributed by atoms with Crippen LogP contribution >= 0.6 is 0 Å². The average molecular weight is 268 g/mol. The quantitative estimate of drug-likeness (QED) is 0.851. The first kappa shape index (κ1) is 12.5. The van der Waals surface area contributed by atoms with E-state index < -0.39 is 0 Å². The Bertz CT molecular complexity index is 667. The van der Waals surface area contributed by atoms with Gasteiger partial charge < -0.3 is 15.4 Å². The number of carbonyl (C=O) groups is 1. The van der Waals surface area contributed by atoms with E-state index in [9.17, 15) is 4.79 Å². The highest BCUT2D eigenvalue weighted by Crippen LogP contribution is 2.34. The highest BCUT2D eigenvalue weighted by atomic mass is 16.5. The number of ether oxygens (including phenoxy) is 1. The van der Waals surface area contributed by atoms with Gasteiger partial charge in [0.05, 0.1) is 12.2 Å². The van der Waals surface area contributed by atoms with E-state index in [4.69, 9.17) is 10.5 Å². The third-order valence-corrected chi connectivity index (χ3v) is 3.52. The van der Waals surface area contributed by atoms with Crippen LogP contribution in [0.5, 0.6) is 5.75 Å². The predicted octanol–water partition coefficient (Wildman–Crippen LogP) is 2.50. The van der Waals surface area contributed by atoms with E-state index in [1.807, 2.05) is 37.3 Å². The Morgan fingerprint density at radius 2 is 2.05 bits per heavy atom. The molecule has 0 radical (unpaired) electrons. The van der Waals surface area contributed by atoms with Crippen LogP contribution in [0, 0.1) is 6.92 Å². The van der Waals surface area contributed by atoms with E-state index in [1.54, 1.807) is 17.0 Å². The van der Waals surface area contributed by atoms with Crippen LogP contribution in [0.2, 0.25) is 0 Å². The maximum atomic E-state index is 12.1. The lowest BCUT2D eigenvalue weighted by molar-refractivity contribution is -0.121. The van der Waals surface area contributed by atoms with E-state index in [-0.39, 0.29) is 12.5 Å². The first-order valence-electron chi connectivity index (χ1n) is 6.52. The van der Waals surface area contributed by atoms with Crippen molar-refractivity contribution in [1.29, 1.82) is 0 Å². The van der Waals surface area contributed by atoms with E-state index in [2.05, 4.69) is 0 Å². The predicted molar refractivity (Wildman–Crippen MR) is 78.7 cm³/mol. The number of nitrogens with zero attached hydrogens (tertiary/aromatic N) is 1. The molecule has 1 aliphatic rings. The van der Waals surface area contributed by atoms with Crippen LogP contribution in [-0.4, -0.2) is 12.5 Å². The first-order valence-corrected chi connectivity index (χ1v) is 6.52. The molecule has 4 nitrogen and oxygen atoms in total. The SMILES string of the molecule is Cc1ccccc1CN1C(=O)COc2ccc(N)cc21. The number of fused-ring (bicyclic) bond motifs is 1. The molecule has 0 saturated heterocycles. The van der Waals surface area contributed by atoms with Crippen molar-refractivity contribution >= 4 is 17.3 Å². The fourth-order valence-corrected chi connectivity index (χ4v) is 2.35. The van der Waals surface area contributed by atoms with Crippen LogP contribution in [0.4, 0.5) is 11.4 Å². The molecule has 0 bridgehead atoms. The van der Waals surface area contributed by atoms with Gasteiger partial charge in [-0.1, -0.05) is 24.3 Å². The van der Waals surface area contributed by atoms with Gasteiger partial charge in [-0.2, -0.15) is 0 Å². The van der Waals surface area contributed by atoms with Crippen molar-refractivity contribution in [2.24, 2.45) is 0 Å². The molecule has 0 atom stereocenters. The topological polar surface area (TPSA) is 55.6 Å². The molecule has 0 aromatic heterocycles. The summed E-state index contributed by atoms with van der Waals surface area (Å²) >= 11 is 0. The van der Waals surface area contributed by atoms with Crippen molar-refractivity contribution in [3.05, 3.63) is 53.6 Å². The zero-order chi connectivity index (χ0) is 14.1. The number of benzene rings is 2. The van der Waals surface area contributed by atoms with E-state index in [0.29, 0.717) is 18.0 Å². The van der Waals surface area contributed by atoms with Gasteiger partial charge in [0.2, 0.25) is 0 Å². The second kappa shape index (κ2) is 4.89. The summed E-state index contributed by atoms with van der Waals surface area (Å²) in [6.07, 6.45) is 0. The molecule has 2 N–H and O–H groups in total. The molecule has 1 heterocycles. The molecule has 0 fully saturated rings. The fraction of sp³-hybridized carbons (Fsp3) is 0.188. The molecular weight excluding hydrogens is 252 g/mol. The summed E-state index contributed by atoms with van der Waals surface area (Å²) in [6, 6.07) is 13.4. The Balaban J connectivity index is 1.99. The van der Waals surface area contributed by atoms with Gasteiger partial charge in [-0.25, -0.2) is 0 Å². The first-order chi connectivity index (χ1) is 9.65. The third-order valence-electron chi connectivity index (χ3n) is 3.52. The monoisotopic (exact) mass is 268 g/mol. The maximum absolute atomic E-state index is 12.1. The molecule has 2 aromatic carbocycles. The number of nitrogen functional groups attached to an aromatic ring is 1. The molecular formula is C16H16N2O2. The zero-order valence-corrected chi connectivity index (χ0v) is 11.3. The molecule has 1 amide bonds. The summed E-state index contributed by atoms with van der Waals surface area (Å²) < 4.78 is 5.44. The van der Waals surface area contributed by atoms with Gasteiger partial charge in [-0.3, -0.25) is 4.79 Å². The maximum Gasteiger partial charge on any atom is 0.265 e. The Kier molecular flexibility index (Phi) is 3.06. The number of anilines is 2. The van der Waals surface area contributed by atoms with Gasteiger partial charge in [0, 0.05) is 5.69 Å². The summed E-state index contributed by atoms with van der Waals surface area (Å²) in [4.78, 5) is 13.9. The van der Waals surface area contributed by atoms with Gasteiger partial charge in [0.15, 0.2) is 6.61 Å². The minimum atomic E-state index is -0.0497. The molecule has 3 rings (SSSR count). The molecule has 0 saturated carbocycles. The summed E-state index contributed by atoms with van der Waals surface area (Å²) in [5.74, 6) is 0.652. The minimum Gasteiger partial charge on any atom is -0.482 e. The Morgan fingerprint density at radius 1 is 1.25 bits per heavy atom. The number of carbonyl (C=O) groups excluding carboxylic acids is 1. The lowest BCUT2D eigenvalue weighted by Gasteiger charge is -2.30. The third kappa shape index (κ3) is 2.20. The van der Waals surface area contributed by atoms with Gasteiger partial charge in [-0.05, 0) is 36.2 Å². The largest absolute Gasteiger partial charge is 0.482 e. The molecule has 2 aromatic rings. The highest BCUT2D eigenvalue weighted by Gasteiger charge is 2.26. The number of aryl methyl sites for hydroxylation is 1. The summed E-state index contributed by atoms with van der Waals surface area (Å²) in [7, 11) is 0. The van der Waals surface area contributed by atoms with Gasteiger partial charge >= 0.3 is 0 Å². The second-order valence-corrected chi connectivity index (χ2v) is 4.92. The average Bonchev–Trinajstić information content (AvgIpc) is 2.44. The van der Waals surface area contributed by atoms with Crippen LogP contribution in [0.25, 0.3) is 0 Å². The second-order valence-electron chi connectivity index (χ2n) is 4.92. The van der Waals surface area contributed by atoms with Crippen LogP contribution < -0.4 is 15.4 Å². The van der Waals surface area contributed by atoms with Crippen molar-refractivity contribution in [1.82, 2.24) is 0 Å². The minimum absolute atomic E-state index is 0.0497. The normalized spacial score (nSPS) is 13.8. The summed E-state index contributed by atoms with van der Waals surface area (Å²) in [5, 5.41) is 0. The van der Waals surface area contributed by atoms with Crippen molar-refractivity contribution in [3.63, 3.8) is 0 Å². The molecule has 0 aliphatic carbocycles. The Hall–Kier alpha value is -2.49. The molecule has 0 spiro atoms. The number of nitrogens with two attached hydrogens (primary N) is 1. The molecule has 20 heavy (non-hydrogen) atoms. The number of amides is 1. The van der Waals surface area contributed by atoms with Gasteiger partial charge in [0.1, 0.15) is 5.75 Å². The molecule has 102 valence electrons. The van der Waals surface area contributed by atoms with Gasteiger partial charge in [-0.15, -0.1) is 0 Å². The molecule has 4 heteroatoms. The van der Waals surface area contributed by atoms with E-state index >= 15 is 0 Å². The van der Waals surface area contributed by atoms with Crippen LogP contribution in [0.15, 0.2) is 42.5 Å². The molecule has 1 aliphatic heterocycles. The van der Waals surface area contributed by atoms with E-state index in [1.165, 1.54) is 0 Å². The standard InChI is InChI=1S/C16H16N2O2/c1-11-4-2-3-5-12(11)9-18-14-8-13(17)6-7-15(14)20-10-16(18)19/h2-8H,9-10,17H2,1H3. The highest BCUT2D eigenvalue weighted by molar-refractivity contribution is 5.98. The zero-order valence-electron chi connectivity index (χ0n) is 11.3. The number of hydrogen-bond donors (Lipinski definition) is 1. The number of hydrogen-bond acceptors (Lipinski definition) is 3. The van der Waals surface area contributed by atoms with Gasteiger partial charge in [0.25, 0.3) is 5.91 Å². The smallest absolute Gasteiger partial charge is 0.265 e. The lowest BCUT2D eigenvalue weighted by Crippen LogP contribution is -2.38. The Labute approximate surface area is 117 Å². The lowest BCUT2D eigenvalue weighted by atomic mass is 10.1. The Morgan fingerprint density at radius 3 is 2.85 bits per heavy atom. The van der Waals surface area contributed by atoms with Crippen molar-refractivity contribution in [2.45, 2.75) is 13.5 Å². The van der Waals surface area contributed by atoms with Crippen molar-refractivity contribution in [2.75, 3.05) is 17.2 Å². The summed E-state index contributed by atoms with van der Waals surface area (Å²) in [6.45, 7) is 2.65. The van der Waals surface area contributed by atoms with E-state index in [0.717, 1.165) is 16.8 Å². The van der Waals surface area contributed by atoms with Crippen LogP contribution in [0.1, 0.15) is 11.1 Å². The summed E-state index contributed by atoms with van der Waals surface area (Å²) in [5.41, 5.74) is 9.47. The number of rotatable bonds is 2. The van der Waals surface area contributed by atoms with Crippen molar-refractivity contribution < 1.29 is 9.53 Å². The van der Waals surface area contributed by atoms with Crippen molar-refractivity contribution in [3.8, 4) is 5.75 Å². The van der Waals surface area contributed by atoms with Crippen LogP contribution in [-0.2, 0) is 11.3 Å². The van der Waals surface area contributed by atoms with Crippen LogP contribution in [0.3, 0.4) is 0 Å². The molecule has 0 unspecified atom stereocenters. The fourth-order valence-electron chi connectivity index (χ4n) is 2.35.